The summed E-state index contributed by atoms with van der Waals surface area (Å²) in [5, 5.41) is 1.68. The molecule has 1 aromatic carbocycles. The lowest BCUT2D eigenvalue weighted by molar-refractivity contribution is 1.16. The highest BCUT2D eigenvalue weighted by atomic mass is 28.3. The second-order valence-electron chi connectivity index (χ2n) is 7.26. The van der Waals surface area contributed by atoms with Gasteiger partial charge in [0.15, 0.2) is 0 Å². The lowest BCUT2D eigenvalue weighted by Gasteiger charge is -2.24. The number of benzene rings is 1. The van der Waals surface area contributed by atoms with Gasteiger partial charge in [0.2, 0.25) is 0 Å². The monoisotopic (exact) mass is 260 g/mol. The standard InChI is InChI=1S/C15H24Si2/c1-16(2,3)14-11-15(17(4,5)6)13-10-8-7-9-12(13)14/h7-11,14H,1-6H3/t14-/m1/s1. The quantitative estimate of drug-likeness (QED) is 0.662. The molecule has 0 heterocycles. The van der Waals surface area contributed by atoms with Crippen LogP contribution in [-0.2, 0) is 0 Å². The van der Waals surface area contributed by atoms with Crippen molar-refractivity contribution in [2.75, 3.05) is 0 Å². The topological polar surface area (TPSA) is 0 Å². The zero-order valence-electron chi connectivity index (χ0n) is 12.0. The molecule has 0 bridgehead atoms. The zero-order chi connectivity index (χ0) is 12.8. The van der Waals surface area contributed by atoms with Crippen molar-refractivity contribution in [2.45, 2.75) is 44.8 Å². The van der Waals surface area contributed by atoms with Crippen LogP contribution in [0.2, 0.25) is 39.3 Å². The SMILES string of the molecule is C[Si](C)(C)C1=C[C@@H]([Si](C)(C)C)c2ccccc21. The van der Waals surface area contributed by atoms with E-state index >= 15 is 0 Å². The molecule has 0 spiro atoms. The summed E-state index contributed by atoms with van der Waals surface area (Å²) in [5.41, 5.74) is 3.88. The van der Waals surface area contributed by atoms with Gasteiger partial charge in [0.1, 0.15) is 0 Å². The molecule has 92 valence electrons. The first-order valence-corrected chi connectivity index (χ1v) is 13.6. The van der Waals surface area contributed by atoms with Crippen LogP contribution in [0.3, 0.4) is 0 Å². The molecule has 0 amide bonds. The Morgan fingerprint density at radius 1 is 0.882 bits per heavy atom. The van der Waals surface area contributed by atoms with Gasteiger partial charge in [-0.05, 0) is 16.7 Å². The van der Waals surface area contributed by atoms with Crippen LogP contribution in [0.25, 0.3) is 5.20 Å². The van der Waals surface area contributed by atoms with Crippen LogP contribution in [0.15, 0.2) is 30.3 Å². The van der Waals surface area contributed by atoms with Crippen molar-refractivity contribution in [3.63, 3.8) is 0 Å². The molecule has 0 saturated heterocycles. The Hall–Kier alpha value is -0.606. The summed E-state index contributed by atoms with van der Waals surface area (Å²) in [6.07, 6.45) is 2.61. The van der Waals surface area contributed by atoms with E-state index in [4.69, 9.17) is 0 Å². The second-order valence-corrected chi connectivity index (χ2v) is 17.7. The third kappa shape index (κ3) is 2.33. The number of hydrogen-bond acceptors (Lipinski definition) is 0. The predicted octanol–water partition coefficient (Wildman–Crippen LogP) is 4.92. The largest absolute Gasteiger partial charge is 0.0799 e. The first-order valence-electron chi connectivity index (χ1n) is 6.53. The van der Waals surface area contributed by atoms with Crippen LogP contribution >= 0.6 is 0 Å². The van der Waals surface area contributed by atoms with Crippen molar-refractivity contribution in [1.29, 1.82) is 0 Å². The fourth-order valence-corrected chi connectivity index (χ4v) is 6.45. The van der Waals surface area contributed by atoms with E-state index < -0.39 is 16.1 Å². The number of allylic oxidation sites excluding steroid dienone is 1. The van der Waals surface area contributed by atoms with Gasteiger partial charge in [0.05, 0.1) is 16.1 Å². The van der Waals surface area contributed by atoms with Crippen molar-refractivity contribution in [3.05, 3.63) is 41.5 Å². The summed E-state index contributed by atoms with van der Waals surface area (Å²) in [4.78, 5) is 0. The first-order chi connectivity index (χ1) is 7.71. The summed E-state index contributed by atoms with van der Waals surface area (Å²) in [6.45, 7) is 14.8. The van der Waals surface area contributed by atoms with Gasteiger partial charge in [-0.15, -0.1) is 0 Å². The van der Waals surface area contributed by atoms with E-state index in [0.29, 0.717) is 0 Å². The van der Waals surface area contributed by atoms with E-state index in [9.17, 15) is 0 Å². The minimum absolute atomic E-state index is 0.723. The molecule has 0 radical (unpaired) electrons. The van der Waals surface area contributed by atoms with Gasteiger partial charge in [-0.3, -0.25) is 0 Å². The molecule has 0 fully saturated rings. The Morgan fingerprint density at radius 2 is 1.47 bits per heavy atom. The highest BCUT2D eigenvalue weighted by Crippen LogP contribution is 2.44. The lowest BCUT2D eigenvalue weighted by Crippen LogP contribution is -2.28. The minimum atomic E-state index is -1.21. The number of hydrogen-bond donors (Lipinski definition) is 0. The Bertz CT molecular complexity index is 459. The van der Waals surface area contributed by atoms with Crippen LogP contribution in [-0.4, -0.2) is 16.1 Å². The maximum absolute atomic E-state index is 2.61. The van der Waals surface area contributed by atoms with Crippen LogP contribution in [0, 0.1) is 0 Å². The van der Waals surface area contributed by atoms with Crippen LogP contribution in [0.1, 0.15) is 16.7 Å². The Balaban J connectivity index is 2.58. The molecular weight excluding hydrogens is 236 g/mol. The molecule has 1 aliphatic carbocycles. The van der Waals surface area contributed by atoms with E-state index in [2.05, 4.69) is 69.6 Å². The summed E-state index contributed by atoms with van der Waals surface area (Å²) < 4.78 is 0. The molecule has 17 heavy (non-hydrogen) atoms. The third-order valence-corrected chi connectivity index (χ3v) is 8.06. The molecule has 0 aromatic heterocycles. The van der Waals surface area contributed by atoms with Gasteiger partial charge < -0.3 is 0 Å². The van der Waals surface area contributed by atoms with Gasteiger partial charge in [0, 0.05) is 0 Å². The van der Waals surface area contributed by atoms with Gasteiger partial charge in [0.25, 0.3) is 0 Å². The minimum Gasteiger partial charge on any atom is -0.0799 e. The third-order valence-electron chi connectivity index (χ3n) is 3.66. The van der Waals surface area contributed by atoms with Crippen LogP contribution < -0.4 is 0 Å². The van der Waals surface area contributed by atoms with E-state index in [1.165, 1.54) is 0 Å². The van der Waals surface area contributed by atoms with Crippen LogP contribution in [0.4, 0.5) is 0 Å². The maximum atomic E-state index is 2.61. The molecule has 0 nitrogen and oxygen atoms in total. The predicted molar refractivity (Wildman–Crippen MR) is 83.9 cm³/mol. The molecule has 0 saturated carbocycles. The van der Waals surface area contributed by atoms with Crippen molar-refractivity contribution >= 4 is 21.3 Å². The van der Waals surface area contributed by atoms with Gasteiger partial charge in [-0.25, -0.2) is 0 Å². The van der Waals surface area contributed by atoms with Crippen molar-refractivity contribution < 1.29 is 0 Å². The van der Waals surface area contributed by atoms with Gasteiger partial charge in [-0.2, -0.15) is 0 Å². The van der Waals surface area contributed by atoms with E-state index in [-0.39, 0.29) is 0 Å². The zero-order valence-corrected chi connectivity index (χ0v) is 14.0. The molecule has 2 rings (SSSR count). The molecule has 2 heteroatoms. The molecular formula is C15H24Si2. The fraction of sp³-hybridized carbons (Fsp3) is 0.467. The van der Waals surface area contributed by atoms with Crippen molar-refractivity contribution in [2.24, 2.45) is 0 Å². The Labute approximate surface area is 108 Å². The van der Waals surface area contributed by atoms with E-state index in [0.717, 1.165) is 5.54 Å². The normalized spacial score (nSPS) is 20.1. The molecule has 1 aromatic rings. The highest BCUT2D eigenvalue weighted by Gasteiger charge is 2.36. The lowest BCUT2D eigenvalue weighted by atomic mass is 10.1. The number of fused-ring (bicyclic) bond motifs is 1. The summed E-state index contributed by atoms with van der Waals surface area (Å²) in [5.74, 6) is 0. The van der Waals surface area contributed by atoms with Crippen molar-refractivity contribution in [3.8, 4) is 0 Å². The molecule has 0 N–H and O–H groups in total. The highest BCUT2D eigenvalue weighted by molar-refractivity contribution is 6.94. The maximum Gasteiger partial charge on any atom is 0.0779 e. The van der Waals surface area contributed by atoms with Crippen LogP contribution in [0.5, 0.6) is 0 Å². The average molecular weight is 261 g/mol. The Kier molecular flexibility index (Phi) is 2.99. The molecule has 0 aliphatic heterocycles. The molecule has 0 unspecified atom stereocenters. The summed E-state index contributed by atoms with van der Waals surface area (Å²) in [7, 11) is -2.36. The van der Waals surface area contributed by atoms with Crippen molar-refractivity contribution in [1.82, 2.24) is 0 Å². The van der Waals surface area contributed by atoms with E-state index in [1.54, 1.807) is 16.3 Å². The Morgan fingerprint density at radius 3 is 2.00 bits per heavy atom. The first kappa shape index (κ1) is 12.8. The van der Waals surface area contributed by atoms with Gasteiger partial charge >= 0.3 is 0 Å². The summed E-state index contributed by atoms with van der Waals surface area (Å²) in [6, 6.07) is 9.08. The molecule has 1 atom stereocenters. The second kappa shape index (κ2) is 3.96. The smallest absolute Gasteiger partial charge is 0.0779 e. The van der Waals surface area contributed by atoms with Gasteiger partial charge in [-0.1, -0.05) is 74.8 Å². The fourth-order valence-electron chi connectivity index (χ4n) is 2.73. The van der Waals surface area contributed by atoms with E-state index in [1.807, 2.05) is 0 Å². The number of rotatable bonds is 2. The molecule has 1 aliphatic rings. The summed E-state index contributed by atoms with van der Waals surface area (Å²) >= 11 is 0. The average Bonchev–Trinajstić information content (AvgIpc) is 2.55.